The first-order valence-electron chi connectivity index (χ1n) is 7.31. The number of nitrogens with zero attached hydrogens (tertiary/aromatic N) is 2. The number of likely N-dealkylation sites (N-methyl/N-ethyl adjacent to an activating group) is 1. The van der Waals surface area contributed by atoms with Crippen LogP contribution in [0.4, 0.5) is 5.69 Å². The minimum atomic E-state index is -3.49. The minimum absolute atomic E-state index is 0.295. The van der Waals surface area contributed by atoms with Crippen LogP contribution < -0.4 is 10.1 Å². The fourth-order valence-electron chi connectivity index (χ4n) is 2.14. The van der Waals surface area contributed by atoms with Crippen molar-refractivity contribution in [3.8, 4) is 0 Å². The third-order valence-corrected chi connectivity index (χ3v) is 4.89. The van der Waals surface area contributed by atoms with Gasteiger partial charge in [0.25, 0.3) is 10.0 Å². The molecule has 7 heteroatoms. The molecule has 0 atom stereocenters. The van der Waals surface area contributed by atoms with Gasteiger partial charge < -0.3 is 10.2 Å². The van der Waals surface area contributed by atoms with E-state index in [1.54, 1.807) is 29.3 Å². The second kappa shape index (κ2) is 7.22. The van der Waals surface area contributed by atoms with E-state index in [4.69, 9.17) is 0 Å². The number of anilines is 1. The van der Waals surface area contributed by atoms with Gasteiger partial charge in [0, 0.05) is 38.4 Å². The first-order valence-corrected chi connectivity index (χ1v) is 8.79. The van der Waals surface area contributed by atoms with Crippen LogP contribution in [0.25, 0.3) is 0 Å². The van der Waals surface area contributed by atoms with E-state index in [-0.39, 0.29) is 0 Å². The highest BCUT2D eigenvalue weighted by atomic mass is 32.2. The van der Waals surface area contributed by atoms with Crippen LogP contribution in [-0.2, 0) is 10.0 Å². The molecule has 6 nitrogen and oxygen atoms in total. The fourth-order valence-corrected chi connectivity index (χ4v) is 3.26. The largest absolute Gasteiger partial charge is 0.385 e. The Balaban J connectivity index is 1.98. The molecule has 1 heterocycles. The smallest absolute Gasteiger partial charge is 0.253 e. The summed E-state index contributed by atoms with van der Waals surface area (Å²) in [6.45, 7) is 6.10. The SMILES string of the molecule is CCCNc1ccc(S(=O)(=O)NN2CCN(C)CC2)cc1. The monoisotopic (exact) mass is 312 g/mol. The van der Waals surface area contributed by atoms with Crippen LogP contribution in [0.2, 0.25) is 0 Å². The van der Waals surface area contributed by atoms with Crippen molar-refractivity contribution in [2.45, 2.75) is 18.2 Å². The Morgan fingerprint density at radius 2 is 1.71 bits per heavy atom. The molecule has 1 aliphatic rings. The first-order chi connectivity index (χ1) is 10.0. The molecule has 0 aromatic heterocycles. The van der Waals surface area contributed by atoms with E-state index in [1.807, 2.05) is 7.05 Å². The lowest BCUT2D eigenvalue weighted by atomic mass is 10.3. The van der Waals surface area contributed by atoms with Crippen LogP contribution >= 0.6 is 0 Å². The molecule has 0 bridgehead atoms. The molecule has 0 spiro atoms. The van der Waals surface area contributed by atoms with E-state index in [9.17, 15) is 8.42 Å². The average Bonchev–Trinajstić information content (AvgIpc) is 2.48. The summed E-state index contributed by atoms with van der Waals surface area (Å²) in [5.41, 5.74) is 0.940. The molecule has 0 radical (unpaired) electrons. The zero-order chi connectivity index (χ0) is 15.3. The van der Waals surface area contributed by atoms with Crippen molar-refractivity contribution in [2.24, 2.45) is 0 Å². The third kappa shape index (κ3) is 4.67. The Labute approximate surface area is 127 Å². The molecular weight excluding hydrogens is 288 g/mol. The molecule has 1 fully saturated rings. The van der Waals surface area contributed by atoms with Crippen LogP contribution in [0, 0.1) is 0 Å². The summed E-state index contributed by atoms with van der Waals surface area (Å²) in [7, 11) is -1.45. The van der Waals surface area contributed by atoms with E-state index in [1.165, 1.54) is 0 Å². The summed E-state index contributed by atoms with van der Waals surface area (Å²) < 4.78 is 24.6. The van der Waals surface area contributed by atoms with Gasteiger partial charge in [-0.15, -0.1) is 4.83 Å². The van der Waals surface area contributed by atoms with Gasteiger partial charge in [-0.3, -0.25) is 0 Å². The summed E-state index contributed by atoms with van der Waals surface area (Å²) in [4.78, 5) is 5.13. The van der Waals surface area contributed by atoms with Gasteiger partial charge >= 0.3 is 0 Å². The van der Waals surface area contributed by atoms with Crippen molar-refractivity contribution < 1.29 is 8.42 Å². The first kappa shape index (κ1) is 16.2. The molecule has 2 rings (SSSR count). The van der Waals surface area contributed by atoms with E-state index >= 15 is 0 Å². The molecule has 2 N–H and O–H groups in total. The van der Waals surface area contributed by atoms with Crippen LogP contribution in [-0.4, -0.2) is 58.1 Å². The van der Waals surface area contributed by atoms with Gasteiger partial charge in [-0.25, -0.2) is 13.4 Å². The van der Waals surface area contributed by atoms with Crippen LogP contribution in [0.3, 0.4) is 0 Å². The molecule has 1 saturated heterocycles. The molecule has 118 valence electrons. The van der Waals surface area contributed by atoms with E-state index in [2.05, 4.69) is 22.0 Å². The topological polar surface area (TPSA) is 64.7 Å². The lowest BCUT2D eigenvalue weighted by Gasteiger charge is -2.32. The second-order valence-corrected chi connectivity index (χ2v) is 7.00. The Kier molecular flexibility index (Phi) is 5.58. The Hall–Kier alpha value is -1.15. The van der Waals surface area contributed by atoms with Gasteiger partial charge in [-0.1, -0.05) is 6.92 Å². The summed E-state index contributed by atoms with van der Waals surface area (Å²) in [6.07, 6.45) is 1.03. The normalized spacial score (nSPS) is 17.8. The number of sulfonamides is 1. The van der Waals surface area contributed by atoms with Crippen molar-refractivity contribution in [2.75, 3.05) is 45.1 Å². The Morgan fingerprint density at radius 3 is 2.29 bits per heavy atom. The van der Waals surface area contributed by atoms with Crippen LogP contribution in [0.15, 0.2) is 29.2 Å². The van der Waals surface area contributed by atoms with Gasteiger partial charge in [-0.05, 0) is 37.7 Å². The molecule has 0 saturated carbocycles. The summed E-state index contributed by atoms with van der Waals surface area (Å²) in [6, 6.07) is 6.87. The van der Waals surface area contributed by atoms with Crippen LogP contribution in [0.5, 0.6) is 0 Å². The van der Waals surface area contributed by atoms with Gasteiger partial charge in [0.15, 0.2) is 0 Å². The summed E-state index contributed by atoms with van der Waals surface area (Å²) in [5.74, 6) is 0. The van der Waals surface area contributed by atoms with Gasteiger partial charge in [0.1, 0.15) is 0 Å². The van der Waals surface area contributed by atoms with Gasteiger partial charge in [0.2, 0.25) is 0 Å². The molecule has 0 amide bonds. The zero-order valence-electron chi connectivity index (χ0n) is 12.7. The van der Waals surface area contributed by atoms with Crippen molar-refractivity contribution >= 4 is 15.7 Å². The fraction of sp³-hybridized carbons (Fsp3) is 0.571. The highest BCUT2D eigenvalue weighted by molar-refractivity contribution is 7.89. The predicted octanol–water partition coefficient (Wildman–Crippen LogP) is 0.949. The number of rotatable bonds is 6. The number of hydrogen-bond acceptors (Lipinski definition) is 5. The molecule has 0 unspecified atom stereocenters. The number of nitrogens with one attached hydrogen (secondary N) is 2. The van der Waals surface area contributed by atoms with Crippen molar-refractivity contribution in [1.29, 1.82) is 0 Å². The van der Waals surface area contributed by atoms with E-state index in [0.717, 1.165) is 31.7 Å². The molecule has 0 aliphatic carbocycles. The quantitative estimate of drug-likeness (QED) is 0.819. The van der Waals surface area contributed by atoms with E-state index < -0.39 is 10.0 Å². The van der Waals surface area contributed by atoms with Crippen molar-refractivity contribution in [3.63, 3.8) is 0 Å². The highest BCUT2D eigenvalue weighted by Crippen LogP contribution is 2.14. The average molecular weight is 312 g/mol. The number of hydrogen-bond donors (Lipinski definition) is 2. The van der Waals surface area contributed by atoms with Crippen LogP contribution in [0.1, 0.15) is 13.3 Å². The number of hydrazine groups is 1. The van der Waals surface area contributed by atoms with Gasteiger partial charge in [0.05, 0.1) is 4.90 Å². The zero-order valence-corrected chi connectivity index (χ0v) is 13.5. The highest BCUT2D eigenvalue weighted by Gasteiger charge is 2.21. The molecule has 1 aromatic carbocycles. The third-order valence-electron chi connectivity index (χ3n) is 3.50. The maximum atomic E-state index is 12.3. The minimum Gasteiger partial charge on any atom is -0.385 e. The molecule has 1 aliphatic heterocycles. The molecular formula is C14H24N4O2S. The summed E-state index contributed by atoms with van der Waals surface area (Å²) in [5, 5.41) is 4.99. The van der Waals surface area contributed by atoms with Gasteiger partial charge in [-0.2, -0.15) is 0 Å². The maximum absolute atomic E-state index is 12.3. The summed E-state index contributed by atoms with van der Waals surface area (Å²) >= 11 is 0. The Morgan fingerprint density at radius 1 is 1.10 bits per heavy atom. The number of piperazine rings is 1. The Bertz CT molecular complexity index is 537. The lowest BCUT2D eigenvalue weighted by Crippen LogP contribution is -2.52. The molecule has 21 heavy (non-hydrogen) atoms. The second-order valence-electron chi connectivity index (χ2n) is 5.34. The molecule has 1 aromatic rings. The van der Waals surface area contributed by atoms with Crippen molar-refractivity contribution in [3.05, 3.63) is 24.3 Å². The maximum Gasteiger partial charge on any atom is 0.253 e. The lowest BCUT2D eigenvalue weighted by molar-refractivity contribution is 0.135. The predicted molar refractivity (Wildman–Crippen MR) is 84.6 cm³/mol. The standard InChI is InChI=1S/C14H24N4O2S/c1-3-8-15-13-4-6-14(7-5-13)21(19,20)16-18-11-9-17(2)10-12-18/h4-7,15-16H,3,8-12H2,1-2H3. The number of benzene rings is 1. The van der Waals surface area contributed by atoms with Crippen molar-refractivity contribution in [1.82, 2.24) is 14.7 Å². The van der Waals surface area contributed by atoms with E-state index in [0.29, 0.717) is 18.0 Å².